The molecular weight excluding hydrogens is 234 g/mol. The van der Waals surface area contributed by atoms with Gasteiger partial charge in [0, 0.05) is 18.8 Å². The van der Waals surface area contributed by atoms with Crippen LogP contribution in [0.15, 0.2) is 33.5 Å². The number of nitrogen functional groups attached to an aromatic ring is 1. The van der Waals surface area contributed by atoms with Crippen LogP contribution in [-0.4, -0.2) is 17.3 Å². The van der Waals surface area contributed by atoms with Crippen molar-refractivity contribution < 1.29 is 4.21 Å². The van der Waals surface area contributed by atoms with E-state index in [1.807, 2.05) is 13.8 Å². The average Bonchev–Trinajstić information content (AvgIpc) is 2.34. The quantitative estimate of drug-likeness (QED) is 0.767. The Kier molecular flexibility index (Phi) is 5.44. The van der Waals surface area contributed by atoms with Gasteiger partial charge in [-0.1, -0.05) is 13.8 Å². The number of anilines is 1. The summed E-state index contributed by atoms with van der Waals surface area (Å²) in [6.45, 7) is 5.35. The molecule has 1 aromatic carbocycles. The van der Waals surface area contributed by atoms with Crippen LogP contribution >= 0.6 is 0 Å². The Labute approximate surface area is 104 Å². The van der Waals surface area contributed by atoms with Gasteiger partial charge in [-0.25, -0.2) is 13.3 Å². The Morgan fingerprint density at radius 1 is 1.24 bits per heavy atom. The Morgan fingerprint density at radius 2 is 1.88 bits per heavy atom. The average molecular weight is 255 g/mol. The lowest BCUT2D eigenvalue weighted by Crippen LogP contribution is -2.24. The zero-order valence-corrected chi connectivity index (χ0v) is 11.3. The first-order chi connectivity index (χ1) is 8.12. The van der Waals surface area contributed by atoms with E-state index in [4.69, 9.17) is 5.73 Å². The molecule has 0 spiro atoms. The summed E-state index contributed by atoms with van der Waals surface area (Å²) >= 11 is 0. The highest BCUT2D eigenvalue weighted by molar-refractivity contribution is 7.91. The second kappa shape index (κ2) is 6.61. The molecule has 0 aliphatic carbocycles. The molecule has 0 heterocycles. The Hall–Kier alpha value is -1.07. The molecule has 0 aliphatic heterocycles. The van der Waals surface area contributed by atoms with Crippen molar-refractivity contribution in [3.8, 4) is 0 Å². The molecular formula is C12H21N3OS. The van der Waals surface area contributed by atoms with Gasteiger partial charge >= 0.3 is 0 Å². The van der Waals surface area contributed by atoms with E-state index in [9.17, 15) is 4.21 Å². The molecule has 0 radical (unpaired) electrons. The summed E-state index contributed by atoms with van der Waals surface area (Å²) in [6.07, 6.45) is 1.81. The highest BCUT2D eigenvalue weighted by Gasteiger charge is 2.10. The zero-order valence-electron chi connectivity index (χ0n) is 10.5. The van der Waals surface area contributed by atoms with Gasteiger partial charge in [0.25, 0.3) is 0 Å². The Balaban J connectivity index is 3.05. The molecule has 1 aromatic rings. The van der Waals surface area contributed by atoms with E-state index in [0.717, 1.165) is 12.8 Å². The van der Waals surface area contributed by atoms with Gasteiger partial charge in [0.15, 0.2) is 0 Å². The number of nitrogens with one attached hydrogen (secondary N) is 1. The van der Waals surface area contributed by atoms with Gasteiger partial charge in [-0.05, 0) is 37.1 Å². The first-order valence-electron chi connectivity index (χ1n) is 5.95. The molecule has 1 unspecified atom stereocenters. The number of nitrogens with two attached hydrogens (primary N) is 1. The van der Waals surface area contributed by atoms with Crippen molar-refractivity contribution in [1.29, 1.82) is 0 Å². The van der Waals surface area contributed by atoms with Crippen LogP contribution in [0, 0.1) is 0 Å². The third kappa shape index (κ3) is 4.02. The van der Waals surface area contributed by atoms with Crippen LogP contribution in [0.2, 0.25) is 0 Å². The van der Waals surface area contributed by atoms with Crippen LogP contribution in [-0.2, 0) is 9.92 Å². The van der Waals surface area contributed by atoms with Crippen molar-refractivity contribution in [2.45, 2.75) is 31.6 Å². The second-order valence-electron chi connectivity index (χ2n) is 3.84. The summed E-state index contributed by atoms with van der Waals surface area (Å²) < 4.78 is 20.0. The van der Waals surface area contributed by atoms with Crippen molar-refractivity contribution in [2.24, 2.45) is 4.36 Å². The van der Waals surface area contributed by atoms with Crippen molar-refractivity contribution in [1.82, 2.24) is 4.72 Å². The molecule has 0 amide bonds. The van der Waals surface area contributed by atoms with Crippen molar-refractivity contribution in [3.63, 3.8) is 0 Å². The van der Waals surface area contributed by atoms with Gasteiger partial charge in [0.05, 0.1) is 4.90 Å². The minimum absolute atomic E-state index is 0.597. The van der Waals surface area contributed by atoms with Crippen LogP contribution in [0.25, 0.3) is 0 Å². The maximum atomic E-state index is 12.7. The van der Waals surface area contributed by atoms with Crippen molar-refractivity contribution in [3.05, 3.63) is 24.3 Å². The summed E-state index contributed by atoms with van der Waals surface area (Å²) in [6, 6.07) is 7.06. The molecule has 4 nitrogen and oxygen atoms in total. The van der Waals surface area contributed by atoms with Gasteiger partial charge in [0.2, 0.25) is 0 Å². The minimum Gasteiger partial charge on any atom is -0.399 e. The third-order valence-electron chi connectivity index (χ3n) is 2.24. The third-order valence-corrected chi connectivity index (χ3v) is 4.30. The molecule has 0 aliphatic rings. The summed E-state index contributed by atoms with van der Waals surface area (Å²) in [5.74, 6) is 0. The van der Waals surface area contributed by atoms with Gasteiger partial charge in [-0.3, -0.25) is 0 Å². The number of benzene rings is 1. The highest BCUT2D eigenvalue weighted by atomic mass is 32.2. The monoisotopic (exact) mass is 255 g/mol. The number of rotatable bonds is 6. The van der Waals surface area contributed by atoms with Gasteiger partial charge in [-0.2, -0.15) is 0 Å². The Bertz CT molecular complexity index is 447. The van der Waals surface area contributed by atoms with Gasteiger partial charge < -0.3 is 5.73 Å². The van der Waals surface area contributed by atoms with Crippen LogP contribution in [0.5, 0.6) is 0 Å². The molecule has 1 rings (SSSR count). The number of hydrogen-bond donors (Lipinski definition) is 2. The maximum absolute atomic E-state index is 12.7. The number of nitrogens with zero attached hydrogens (tertiary/aromatic N) is 1. The number of hydrogen-bond acceptors (Lipinski definition) is 3. The largest absolute Gasteiger partial charge is 0.399 e. The van der Waals surface area contributed by atoms with E-state index in [-0.39, 0.29) is 0 Å². The molecule has 0 saturated carbocycles. The maximum Gasteiger partial charge on any atom is 0.137 e. The standard InChI is InChI=1S/C12H21N3OS/c1-3-9-14-17(16,15-10-4-2)12-7-5-11(13)6-8-12/h5-8H,3-4,9-10,13H2,1-2H3,(H,14,15,16). The predicted molar refractivity (Wildman–Crippen MR) is 73.1 cm³/mol. The fourth-order valence-corrected chi connectivity index (χ4v) is 3.15. The van der Waals surface area contributed by atoms with Crippen LogP contribution in [0.1, 0.15) is 26.7 Å². The molecule has 0 bridgehead atoms. The SMILES string of the molecule is CCCN=S(=O)(NCCC)c1ccc(N)cc1. The first-order valence-corrected chi connectivity index (χ1v) is 7.47. The predicted octanol–water partition coefficient (Wildman–Crippen LogP) is 2.42. The van der Waals surface area contributed by atoms with E-state index in [1.54, 1.807) is 24.3 Å². The molecule has 3 N–H and O–H groups in total. The first kappa shape index (κ1) is 14.0. The highest BCUT2D eigenvalue weighted by Crippen LogP contribution is 2.14. The van der Waals surface area contributed by atoms with Crippen molar-refractivity contribution >= 4 is 15.6 Å². The van der Waals surface area contributed by atoms with E-state index in [1.165, 1.54) is 0 Å². The van der Waals surface area contributed by atoms with Crippen LogP contribution in [0.4, 0.5) is 5.69 Å². The molecule has 17 heavy (non-hydrogen) atoms. The molecule has 0 aromatic heterocycles. The lowest BCUT2D eigenvalue weighted by atomic mass is 10.3. The van der Waals surface area contributed by atoms with E-state index < -0.39 is 9.92 Å². The molecule has 96 valence electrons. The topological polar surface area (TPSA) is 67.5 Å². The zero-order chi connectivity index (χ0) is 12.7. The van der Waals surface area contributed by atoms with Crippen LogP contribution < -0.4 is 10.5 Å². The second-order valence-corrected chi connectivity index (χ2v) is 5.91. The summed E-state index contributed by atoms with van der Waals surface area (Å²) in [4.78, 5) is 0.702. The molecule has 0 fully saturated rings. The van der Waals surface area contributed by atoms with E-state index in [0.29, 0.717) is 23.7 Å². The van der Waals surface area contributed by atoms with Crippen molar-refractivity contribution in [2.75, 3.05) is 18.8 Å². The normalized spacial score (nSPS) is 14.2. The minimum atomic E-state index is -2.49. The molecule has 5 heteroatoms. The lowest BCUT2D eigenvalue weighted by Gasteiger charge is -2.11. The molecule has 1 atom stereocenters. The fraction of sp³-hybridized carbons (Fsp3) is 0.500. The summed E-state index contributed by atoms with van der Waals surface area (Å²) in [5.41, 5.74) is 6.29. The molecule has 0 saturated heterocycles. The van der Waals surface area contributed by atoms with E-state index in [2.05, 4.69) is 9.08 Å². The van der Waals surface area contributed by atoms with Gasteiger partial charge in [0.1, 0.15) is 9.92 Å². The fourth-order valence-electron chi connectivity index (χ4n) is 1.32. The summed E-state index contributed by atoms with van der Waals surface area (Å²) in [5, 5.41) is 0. The smallest absolute Gasteiger partial charge is 0.137 e. The lowest BCUT2D eigenvalue weighted by molar-refractivity contribution is 0.659. The summed E-state index contributed by atoms with van der Waals surface area (Å²) in [7, 11) is -2.49. The Morgan fingerprint density at radius 3 is 2.41 bits per heavy atom. The van der Waals surface area contributed by atoms with E-state index >= 15 is 0 Å². The van der Waals surface area contributed by atoms with Crippen LogP contribution in [0.3, 0.4) is 0 Å². The van der Waals surface area contributed by atoms with Gasteiger partial charge in [-0.15, -0.1) is 0 Å².